The highest BCUT2D eigenvalue weighted by Crippen LogP contribution is 2.34. The van der Waals surface area contributed by atoms with Gasteiger partial charge in [-0.1, -0.05) is 32.0 Å². The molecule has 0 aliphatic carbocycles. The molecular weight excluding hydrogens is 333 g/mol. The van der Waals surface area contributed by atoms with Crippen LogP contribution in [0.5, 0.6) is 11.5 Å². The molecule has 136 valence electrons. The summed E-state index contributed by atoms with van der Waals surface area (Å²) < 4.78 is 24.4. The molecule has 0 saturated carbocycles. The zero-order valence-corrected chi connectivity index (χ0v) is 14.9. The van der Waals surface area contributed by atoms with E-state index in [2.05, 4.69) is 5.32 Å². The first kappa shape index (κ1) is 18.0. The highest BCUT2D eigenvalue weighted by atomic mass is 19.1. The topological polar surface area (TPSA) is 47.6 Å². The number of halogens is 1. The predicted molar refractivity (Wildman–Crippen MR) is 98.6 cm³/mol. The van der Waals surface area contributed by atoms with Gasteiger partial charge in [-0.25, -0.2) is 4.39 Å². The summed E-state index contributed by atoms with van der Waals surface area (Å²) in [5.41, 5.74) is 1.59. The molecule has 1 aliphatic rings. The van der Waals surface area contributed by atoms with Gasteiger partial charge in [0, 0.05) is 6.08 Å². The molecule has 1 atom stereocenters. The second kappa shape index (κ2) is 8.04. The second-order valence-corrected chi connectivity index (χ2v) is 6.52. The third-order valence-electron chi connectivity index (χ3n) is 4.17. The molecule has 1 amide bonds. The minimum Gasteiger partial charge on any atom is -0.486 e. The van der Waals surface area contributed by atoms with E-state index in [-0.39, 0.29) is 23.7 Å². The van der Waals surface area contributed by atoms with Crippen LogP contribution < -0.4 is 14.8 Å². The summed E-state index contributed by atoms with van der Waals surface area (Å²) in [5, 5.41) is 3.01. The lowest BCUT2D eigenvalue weighted by Crippen LogP contribution is -2.30. The minimum absolute atomic E-state index is 0.171. The largest absolute Gasteiger partial charge is 0.486 e. The van der Waals surface area contributed by atoms with Crippen molar-refractivity contribution in [3.8, 4) is 11.5 Å². The average molecular weight is 355 g/mol. The third kappa shape index (κ3) is 4.42. The molecule has 0 saturated heterocycles. The Morgan fingerprint density at radius 3 is 2.62 bits per heavy atom. The van der Waals surface area contributed by atoms with Crippen molar-refractivity contribution in [3.63, 3.8) is 0 Å². The van der Waals surface area contributed by atoms with Crippen molar-refractivity contribution in [1.29, 1.82) is 0 Å². The van der Waals surface area contributed by atoms with E-state index in [1.54, 1.807) is 18.2 Å². The standard InChI is InChI=1S/C21H22FNO3/c1-14(2)21(16-7-8-18-19(13-16)26-11-10-25-18)23-20(24)9-6-15-4-3-5-17(22)12-15/h3-9,12-14,21H,10-11H2,1-2H3,(H,23,24)/b9-6+. The number of amides is 1. The van der Waals surface area contributed by atoms with Crippen LogP contribution in [-0.4, -0.2) is 19.1 Å². The lowest BCUT2D eigenvalue weighted by Gasteiger charge is -2.25. The number of hydrogen-bond acceptors (Lipinski definition) is 3. The van der Waals surface area contributed by atoms with Crippen molar-refractivity contribution in [2.24, 2.45) is 5.92 Å². The maximum absolute atomic E-state index is 13.2. The van der Waals surface area contributed by atoms with E-state index in [1.807, 2.05) is 32.0 Å². The van der Waals surface area contributed by atoms with E-state index in [0.717, 1.165) is 11.3 Å². The quantitative estimate of drug-likeness (QED) is 0.821. The van der Waals surface area contributed by atoms with Crippen LogP contribution in [0, 0.1) is 11.7 Å². The van der Waals surface area contributed by atoms with E-state index < -0.39 is 0 Å². The van der Waals surface area contributed by atoms with Gasteiger partial charge in [0.1, 0.15) is 19.0 Å². The summed E-state index contributed by atoms with van der Waals surface area (Å²) in [5.74, 6) is 1.04. The Hall–Kier alpha value is -2.82. The van der Waals surface area contributed by atoms with Crippen molar-refractivity contribution >= 4 is 12.0 Å². The molecule has 26 heavy (non-hydrogen) atoms. The SMILES string of the molecule is CC(C)C(NC(=O)/C=C/c1cccc(F)c1)c1ccc2c(c1)OCCO2. The Morgan fingerprint density at radius 2 is 1.88 bits per heavy atom. The van der Waals surface area contributed by atoms with Gasteiger partial charge < -0.3 is 14.8 Å². The van der Waals surface area contributed by atoms with Gasteiger partial charge in [0.2, 0.25) is 5.91 Å². The van der Waals surface area contributed by atoms with Crippen molar-refractivity contribution < 1.29 is 18.7 Å². The number of nitrogens with one attached hydrogen (secondary N) is 1. The Labute approximate surface area is 152 Å². The molecule has 0 aromatic heterocycles. The fourth-order valence-electron chi connectivity index (χ4n) is 2.87. The number of benzene rings is 2. The molecule has 1 N–H and O–H groups in total. The number of rotatable bonds is 5. The first-order valence-electron chi connectivity index (χ1n) is 8.66. The van der Waals surface area contributed by atoms with E-state index >= 15 is 0 Å². The molecule has 1 unspecified atom stereocenters. The molecule has 5 heteroatoms. The van der Waals surface area contributed by atoms with Gasteiger partial charge in [0.25, 0.3) is 0 Å². The Morgan fingerprint density at radius 1 is 1.12 bits per heavy atom. The zero-order chi connectivity index (χ0) is 18.5. The van der Waals surface area contributed by atoms with E-state index in [1.165, 1.54) is 18.2 Å². The highest BCUT2D eigenvalue weighted by Gasteiger charge is 2.20. The highest BCUT2D eigenvalue weighted by molar-refractivity contribution is 5.92. The molecule has 1 heterocycles. The van der Waals surface area contributed by atoms with Gasteiger partial charge in [0.05, 0.1) is 6.04 Å². The smallest absolute Gasteiger partial charge is 0.244 e. The van der Waals surface area contributed by atoms with Crippen LogP contribution in [0.2, 0.25) is 0 Å². The van der Waals surface area contributed by atoms with Crippen LogP contribution in [0.3, 0.4) is 0 Å². The summed E-state index contributed by atoms with van der Waals surface area (Å²) in [6.45, 7) is 5.14. The molecular formula is C21H22FNO3. The zero-order valence-electron chi connectivity index (χ0n) is 14.9. The van der Waals surface area contributed by atoms with Gasteiger partial charge >= 0.3 is 0 Å². The van der Waals surface area contributed by atoms with E-state index in [4.69, 9.17) is 9.47 Å². The lowest BCUT2D eigenvalue weighted by atomic mass is 9.95. The van der Waals surface area contributed by atoms with Gasteiger partial charge in [-0.3, -0.25) is 4.79 Å². The van der Waals surface area contributed by atoms with E-state index in [0.29, 0.717) is 24.5 Å². The summed E-state index contributed by atoms with van der Waals surface area (Å²) in [6.07, 6.45) is 3.02. The summed E-state index contributed by atoms with van der Waals surface area (Å²) in [6, 6.07) is 11.7. The minimum atomic E-state index is -0.330. The number of hydrogen-bond donors (Lipinski definition) is 1. The number of carbonyl (C=O) groups excluding carboxylic acids is 1. The monoisotopic (exact) mass is 355 g/mol. The van der Waals surface area contributed by atoms with Crippen molar-refractivity contribution in [2.45, 2.75) is 19.9 Å². The summed E-state index contributed by atoms with van der Waals surface area (Å²) >= 11 is 0. The summed E-state index contributed by atoms with van der Waals surface area (Å²) in [4.78, 5) is 12.3. The first-order valence-corrected chi connectivity index (χ1v) is 8.66. The average Bonchev–Trinajstić information content (AvgIpc) is 2.64. The lowest BCUT2D eigenvalue weighted by molar-refractivity contribution is -0.117. The molecule has 0 spiro atoms. The van der Waals surface area contributed by atoms with Gasteiger partial charge in [0.15, 0.2) is 11.5 Å². The van der Waals surface area contributed by atoms with Gasteiger partial charge in [-0.15, -0.1) is 0 Å². The molecule has 0 bridgehead atoms. The predicted octanol–water partition coefficient (Wildman–Crippen LogP) is 4.12. The third-order valence-corrected chi connectivity index (χ3v) is 4.17. The van der Waals surface area contributed by atoms with Crippen LogP contribution in [-0.2, 0) is 4.79 Å². The number of carbonyl (C=O) groups is 1. The van der Waals surface area contributed by atoms with Crippen LogP contribution in [0.25, 0.3) is 6.08 Å². The Balaban J connectivity index is 1.73. The Bertz CT molecular complexity index is 817. The molecule has 2 aromatic rings. The van der Waals surface area contributed by atoms with E-state index in [9.17, 15) is 9.18 Å². The summed E-state index contributed by atoms with van der Waals surface area (Å²) in [7, 11) is 0. The fraction of sp³-hybridized carbons (Fsp3) is 0.286. The second-order valence-electron chi connectivity index (χ2n) is 6.52. The van der Waals surface area contributed by atoms with Gasteiger partial charge in [-0.05, 0) is 47.4 Å². The molecule has 4 nitrogen and oxygen atoms in total. The number of ether oxygens (including phenoxy) is 2. The molecule has 0 radical (unpaired) electrons. The molecule has 1 aliphatic heterocycles. The maximum atomic E-state index is 13.2. The normalized spacial score (nSPS) is 14.5. The van der Waals surface area contributed by atoms with Crippen molar-refractivity contribution in [1.82, 2.24) is 5.32 Å². The molecule has 2 aromatic carbocycles. The first-order chi connectivity index (χ1) is 12.5. The molecule has 3 rings (SSSR count). The number of fused-ring (bicyclic) bond motifs is 1. The molecule has 0 fully saturated rings. The van der Waals surface area contributed by atoms with Crippen molar-refractivity contribution in [2.75, 3.05) is 13.2 Å². The van der Waals surface area contributed by atoms with Crippen LogP contribution >= 0.6 is 0 Å². The van der Waals surface area contributed by atoms with Crippen LogP contribution in [0.15, 0.2) is 48.5 Å². The maximum Gasteiger partial charge on any atom is 0.244 e. The van der Waals surface area contributed by atoms with Crippen LogP contribution in [0.4, 0.5) is 4.39 Å². The fourth-order valence-corrected chi connectivity index (χ4v) is 2.87. The van der Waals surface area contributed by atoms with Gasteiger partial charge in [-0.2, -0.15) is 0 Å². The van der Waals surface area contributed by atoms with Crippen LogP contribution in [0.1, 0.15) is 31.0 Å². The van der Waals surface area contributed by atoms with Crippen molar-refractivity contribution in [3.05, 3.63) is 65.5 Å². The Kier molecular flexibility index (Phi) is 5.56.